The highest BCUT2D eigenvalue weighted by molar-refractivity contribution is 6.18. The van der Waals surface area contributed by atoms with E-state index in [0.717, 1.165) is 31.1 Å². The predicted octanol–water partition coefficient (Wildman–Crippen LogP) is 3.54. The van der Waals surface area contributed by atoms with Crippen LogP contribution in [0.1, 0.15) is 25.3 Å². The lowest BCUT2D eigenvalue weighted by atomic mass is 10.1. The maximum absolute atomic E-state index is 5.86. The van der Waals surface area contributed by atoms with Crippen molar-refractivity contribution in [1.82, 2.24) is 4.90 Å². The molecule has 0 aliphatic carbocycles. The minimum atomic E-state index is 0.664. The molecule has 0 unspecified atom stereocenters. The van der Waals surface area contributed by atoms with E-state index in [1.165, 1.54) is 18.4 Å². The molecule has 0 saturated carbocycles. The van der Waals surface area contributed by atoms with E-state index >= 15 is 0 Å². The number of hydrogen-bond donors (Lipinski definition) is 0. The van der Waals surface area contributed by atoms with Crippen LogP contribution in [0, 0.1) is 0 Å². The Labute approximate surface area is 121 Å². The molecule has 0 spiro atoms. The molecule has 0 fully saturated rings. The van der Waals surface area contributed by atoms with Crippen molar-refractivity contribution in [2.45, 2.75) is 26.3 Å². The predicted molar refractivity (Wildman–Crippen MR) is 80.5 cm³/mol. The molecule has 0 atom stereocenters. The van der Waals surface area contributed by atoms with Crippen molar-refractivity contribution in [2.75, 3.05) is 33.2 Å². The van der Waals surface area contributed by atoms with E-state index in [1.54, 1.807) is 14.2 Å². The van der Waals surface area contributed by atoms with Gasteiger partial charge >= 0.3 is 0 Å². The Hall–Kier alpha value is -0.930. The van der Waals surface area contributed by atoms with Crippen molar-refractivity contribution in [3.8, 4) is 11.5 Å². The Morgan fingerprint density at radius 3 is 2.42 bits per heavy atom. The van der Waals surface area contributed by atoms with Crippen LogP contribution in [-0.2, 0) is 6.54 Å². The van der Waals surface area contributed by atoms with Crippen LogP contribution in [-0.4, -0.2) is 38.1 Å². The van der Waals surface area contributed by atoms with Gasteiger partial charge in [-0.3, -0.25) is 4.90 Å². The van der Waals surface area contributed by atoms with Gasteiger partial charge in [0.1, 0.15) is 0 Å². The molecule has 1 rings (SSSR count). The smallest absolute Gasteiger partial charge is 0.161 e. The summed E-state index contributed by atoms with van der Waals surface area (Å²) in [5.41, 5.74) is 1.22. The zero-order valence-electron chi connectivity index (χ0n) is 12.1. The molecule has 0 radical (unpaired) electrons. The fraction of sp³-hybridized carbons (Fsp3) is 0.600. The Morgan fingerprint density at radius 2 is 1.84 bits per heavy atom. The van der Waals surface area contributed by atoms with Gasteiger partial charge in [-0.15, -0.1) is 11.6 Å². The molecule has 4 heteroatoms. The summed E-state index contributed by atoms with van der Waals surface area (Å²) < 4.78 is 10.6. The number of methoxy groups -OCH3 is 2. The van der Waals surface area contributed by atoms with Crippen LogP contribution >= 0.6 is 11.6 Å². The quantitative estimate of drug-likeness (QED) is 0.648. The van der Waals surface area contributed by atoms with E-state index in [1.807, 2.05) is 12.1 Å². The van der Waals surface area contributed by atoms with Gasteiger partial charge in [0.15, 0.2) is 11.5 Å². The summed E-state index contributed by atoms with van der Waals surface area (Å²) in [5.74, 6) is 2.21. The van der Waals surface area contributed by atoms with Crippen molar-refractivity contribution in [3.05, 3.63) is 23.8 Å². The summed E-state index contributed by atoms with van der Waals surface area (Å²) in [5, 5.41) is 0. The third-order valence-electron chi connectivity index (χ3n) is 3.08. The maximum atomic E-state index is 5.86. The third kappa shape index (κ3) is 5.29. The van der Waals surface area contributed by atoms with Crippen LogP contribution in [0.5, 0.6) is 11.5 Å². The molecule has 0 aliphatic rings. The van der Waals surface area contributed by atoms with E-state index < -0.39 is 0 Å². The Bertz CT molecular complexity index is 371. The number of rotatable bonds is 9. The highest BCUT2D eigenvalue weighted by Gasteiger charge is 2.08. The molecule has 1 aromatic carbocycles. The molecular formula is C15H24ClNO2. The number of benzene rings is 1. The van der Waals surface area contributed by atoms with Gasteiger partial charge < -0.3 is 9.47 Å². The molecular weight excluding hydrogens is 262 g/mol. The first-order valence-corrected chi connectivity index (χ1v) is 7.27. The van der Waals surface area contributed by atoms with Gasteiger partial charge in [0.2, 0.25) is 0 Å². The molecule has 3 nitrogen and oxygen atoms in total. The standard InChI is InChI=1S/C15H24ClNO2/c1-4-5-9-17(10-8-16)12-13-6-7-14(18-2)15(11-13)19-3/h6-7,11H,4-5,8-10,12H2,1-3H3. The lowest BCUT2D eigenvalue weighted by Crippen LogP contribution is -2.26. The van der Waals surface area contributed by atoms with Crippen LogP contribution < -0.4 is 9.47 Å². The van der Waals surface area contributed by atoms with Crippen molar-refractivity contribution < 1.29 is 9.47 Å². The lowest BCUT2D eigenvalue weighted by Gasteiger charge is -2.21. The minimum Gasteiger partial charge on any atom is -0.493 e. The number of unbranched alkanes of at least 4 members (excludes halogenated alkanes) is 1. The molecule has 0 amide bonds. The number of halogens is 1. The molecule has 0 aliphatic heterocycles. The summed E-state index contributed by atoms with van der Waals surface area (Å²) in [6.07, 6.45) is 2.40. The van der Waals surface area contributed by atoms with Gasteiger partial charge in [-0.1, -0.05) is 19.4 Å². The number of nitrogens with zero attached hydrogens (tertiary/aromatic N) is 1. The van der Waals surface area contributed by atoms with Gasteiger partial charge in [0, 0.05) is 19.0 Å². The fourth-order valence-corrected chi connectivity index (χ4v) is 2.25. The van der Waals surface area contributed by atoms with Crippen molar-refractivity contribution >= 4 is 11.6 Å². The lowest BCUT2D eigenvalue weighted by molar-refractivity contribution is 0.276. The number of hydrogen-bond acceptors (Lipinski definition) is 3. The second-order valence-corrected chi connectivity index (χ2v) is 4.89. The maximum Gasteiger partial charge on any atom is 0.161 e. The fourth-order valence-electron chi connectivity index (χ4n) is 2.01. The molecule has 0 N–H and O–H groups in total. The molecule has 108 valence electrons. The van der Waals surface area contributed by atoms with Crippen LogP contribution in [0.3, 0.4) is 0 Å². The van der Waals surface area contributed by atoms with Gasteiger partial charge in [-0.05, 0) is 30.7 Å². The SMILES string of the molecule is CCCCN(CCCl)Cc1ccc(OC)c(OC)c1. The monoisotopic (exact) mass is 285 g/mol. The van der Waals surface area contributed by atoms with Crippen LogP contribution in [0.15, 0.2) is 18.2 Å². The Kier molecular flexibility index (Phi) is 7.68. The number of ether oxygens (including phenoxy) is 2. The average Bonchev–Trinajstić information content (AvgIpc) is 2.44. The zero-order valence-corrected chi connectivity index (χ0v) is 12.9. The summed E-state index contributed by atoms with van der Waals surface area (Å²) in [4.78, 5) is 2.37. The Balaban J connectivity index is 2.72. The minimum absolute atomic E-state index is 0.664. The van der Waals surface area contributed by atoms with E-state index in [9.17, 15) is 0 Å². The summed E-state index contributed by atoms with van der Waals surface area (Å²) in [6.45, 7) is 5.09. The number of alkyl halides is 1. The zero-order chi connectivity index (χ0) is 14.1. The third-order valence-corrected chi connectivity index (χ3v) is 3.25. The van der Waals surface area contributed by atoms with Gasteiger partial charge in [-0.25, -0.2) is 0 Å². The van der Waals surface area contributed by atoms with E-state index in [-0.39, 0.29) is 0 Å². The van der Waals surface area contributed by atoms with Gasteiger partial charge in [0.05, 0.1) is 14.2 Å². The summed E-state index contributed by atoms with van der Waals surface area (Å²) in [6, 6.07) is 6.06. The largest absolute Gasteiger partial charge is 0.493 e. The first-order chi connectivity index (χ1) is 9.24. The molecule has 0 aromatic heterocycles. The van der Waals surface area contributed by atoms with Crippen LogP contribution in [0.2, 0.25) is 0 Å². The first kappa shape index (κ1) is 16.1. The highest BCUT2D eigenvalue weighted by atomic mass is 35.5. The van der Waals surface area contributed by atoms with Gasteiger partial charge in [0.25, 0.3) is 0 Å². The van der Waals surface area contributed by atoms with E-state index in [2.05, 4.69) is 17.9 Å². The molecule has 0 bridgehead atoms. The molecule has 19 heavy (non-hydrogen) atoms. The average molecular weight is 286 g/mol. The van der Waals surface area contributed by atoms with E-state index in [0.29, 0.717) is 5.88 Å². The summed E-state index contributed by atoms with van der Waals surface area (Å²) >= 11 is 5.86. The first-order valence-electron chi connectivity index (χ1n) is 6.74. The summed E-state index contributed by atoms with van der Waals surface area (Å²) in [7, 11) is 3.31. The van der Waals surface area contributed by atoms with E-state index in [4.69, 9.17) is 21.1 Å². The van der Waals surface area contributed by atoms with Crippen molar-refractivity contribution in [3.63, 3.8) is 0 Å². The van der Waals surface area contributed by atoms with Crippen LogP contribution in [0.25, 0.3) is 0 Å². The second-order valence-electron chi connectivity index (χ2n) is 4.51. The second kappa shape index (κ2) is 9.05. The van der Waals surface area contributed by atoms with Crippen molar-refractivity contribution in [1.29, 1.82) is 0 Å². The molecule has 0 saturated heterocycles. The van der Waals surface area contributed by atoms with Crippen molar-refractivity contribution in [2.24, 2.45) is 0 Å². The molecule has 0 heterocycles. The highest BCUT2D eigenvalue weighted by Crippen LogP contribution is 2.28. The molecule has 1 aromatic rings. The topological polar surface area (TPSA) is 21.7 Å². The van der Waals surface area contributed by atoms with Gasteiger partial charge in [-0.2, -0.15) is 0 Å². The van der Waals surface area contributed by atoms with Crippen LogP contribution in [0.4, 0.5) is 0 Å². The normalized spacial score (nSPS) is 10.8. The Morgan fingerprint density at radius 1 is 1.11 bits per heavy atom.